The lowest BCUT2D eigenvalue weighted by Gasteiger charge is -2.20. The number of phenolic OH excluding ortho intramolecular Hbond substituents is 1. The number of halogens is 4. The lowest BCUT2D eigenvalue weighted by Crippen LogP contribution is -2.13. The van der Waals surface area contributed by atoms with E-state index in [-0.39, 0.29) is 62.7 Å². The minimum absolute atomic E-state index is 0.0609. The Morgan fingerprint density at radius 2 is 0.889 bits per heavy atom. The highest BCUT2D eigenvalue weighted by molar-refractivity contribution is 6.06. The SMILES string of the molecule is CC.CC.CC.CC.CC.Cc1cc(C=O)ccc1-c1c2cc(F)c(=O)c(C)c-2oc2c(C)c(O)c(F)cc12.Cc1cc(C=O)ccc1-c1c2cc(F)c(=O)c(C)c-2oc2c(C)c(OCOC=O)c(F)cc12. The molecule has 0 aromatic heterocycles. The molecule has 0 spiro atoms. The van der Waals surface area contributed by atoms with E-state index in [0.29, 0.717) is 73.4 Å². The van der Waals surface area contributed by atoms with Gasteiger partial charge in [-0.1, -0.05) is 93.5 Å². The van der Waals surface area contributed by atoms with Gasteiger partial charge in [0.05, 0.1) is 0 Å². The second-order valence-electron chi connectivity index (χ2n) is 14.6. The molecule has 2 aliphatic carbocycles. The Labute approximate surface area is 417 Å². The summed E-state index contributed by atoms with van der Waals surface area (Å²) < 4.78 is 79.9. The molecule has 0 amide bonds. The fraction of sp³-hybridized carbons (Fsp3) is 0.293. The fourth-order valence-corrected chi connectivity index (χ4v) is 7.70. The first kappa shape index (κ1) is 60.5. The molecule has 0 saturated carbocycles. The average molecular weight is 997 g/mol. The zero-order chi connectivity index (χ0) is 54.9. The number of fused-ring (bicyclic) bond motifs is 4. The molecule has 14 heteroatoms. The maximum atomic E-state index is 15.1. The van der Waals surface area contributed by atoms with E-state index in [9.17, 15) is 42.3 Å². The van der Waals surface area contributed by atoms with Crippen LogP contribution in [0.25, 0.3) is 66.8 Å². The third kappa shape index (κ3) is 12.1. The van der Waals surface area contributed by atoms with Crippen molar-refractivity contribution in [1.82, 2.24) is 0 Å². The maximum Gasteiger partial charge on any atom is 0.295 e. The van der Waals surface area contributed by atoms with Gasteiger partial charge in [0.25, 0.3) is 6.47 Å². The predicted octanol–water partition coefficient (Wildman–Crippen LogP) is 15.5. The van der Waals surface area contributed by atoms with Crippen LogP contribution in [0.3, 0.4) is 0 Å². The van der Waals surface area contributed by atoms with Crippen LogP contribution >= 0.6 is 0 Å². The summed E-state index contributed by atoms with van der Waals surface area (Å²) in [7, 11) is 0. The number of hydrogen-bond acceptors (Lipinski definition) is 10. The molecule has 0 radical (unpaired) electrons. The Morgan fingerprint density at radius 3 is 1.26 bits per heavy atom. The van der Waals surface area contributed by atoms with E-state index >= 15 is 4.39 Å². The summed E-state index contributed by atoms with van der Waals surface area (Å²) in [6.07, 6.45) is 1.42. The van der Waals surface area contributed by atoms with Gasteiger partial charge in [-0.05, 0) is 100 Å². The second kappa shape index (κ2) is 27.7. The molecule has 8 rings (SSSR count). The van der Waals surface area contributed by atoms with Crippen LogP contribution in [0.2, 0.25) is 0 Å². The summed E-state index contributed by atoms with van der Waals surface area (Å²) in [6, 6.07) is 14.4. The van der Waals surface area contributed by atoms with Crippen molar-refractivity contribution < 1.29 is 55.4 Å². The zero-order valence-corrected chi connectivity index (χ0v) is 43.8. The number of benzene rings is 6. The number of aryl methyl sites for hydroxylation is 4. The molecule has 0 atom stereocenters. The maximum absolute atomic E-state index is 15.1. The molecule has 2 aliphatic heterocycles. The topological polar surface area (TPSA) is 150 Å². The number of hydrogen-bond donors (Lipinski definition) is 1. The monoisotopic (exact) mass is 996 g/mol. The summed E-state index contributed by atoms with van der Waals surface area (Å²) >= 11 is 0. The van der Waals surface area contributed by atoms with Gasteiger partial charge in [0.2, 0.25) is 17.7 Å². The van der Waals surface area contributed by atoms with Crippen LogP contribution < -0.4 is 15.6 Å². The Balaban J connectivity index is 0.000000423. The van der Waals surface area contributed by atoms with Crippen LogP contribution in [0.4, 0.5) is 17.6 Å². The Morgan fingerprint density at radius 1 is 0.500 bits per heavy atom. The number of ether oxygens (including phenoxy) is 2. The summed E-state index contributed by atoms with van der Waals surface area (Å²) in [4.78, 5) is 57.1. The third-order valence-corrected chi connectivity index (χ3v) is 10.8. The molecule has 4 aromatic rings. The fourth-order valence-electron chi connectivity index (χ4n) is 7.70. The van der Waals surface area contributed by atoms with Crippen LogP contribution in [0.5, 0.6) is 11.5 Å². The molecule has 0 unspecified atom stereocenters. The number of carbonyl (C=O) groups excluding carboxylic acids is 3. The molecule has 2 heterocycles. The molecule has 4 aromatic carbocycles. The average Bonchev–Trinajstić information content (AvgIpc) is 3.40. The molecular formula is C58H64F4O10. The second-order valence-corrected chi connectivity index (χ2v) is 14.6. The van der Waals surface area contributed by atoms with Crippen LogP contribution in [0.1, 0.15) is 123 Å². The number of aromatic hydroxyl groups is 1. The molecule has 4 aliphatic rings. The third-order valence-electron chi connectivity index (χ3n) is 10.8. The van der Waals surface area contributed by atoms with Gasteiger partial charge in [0, 0.05) is 66.4 Å². The molecular weight excluding hydrogens is 933 g/mol. The molecule has 0 fully saturated rings. The Kier molecular flexibility index (Phi) is 23.3. The van der Waals surface area contributed by atoms with Crippen LogP contribution in [0.15, 0.2) is 79.1 Å². The van der Waals surface area contributed by atoms with Crippen LogP contribution in [0, 0.1) is 64.8 Å². The lowest BCUT2D eigenvalue weighted by molar-refractivity contribution is -0.134. The number of carbonyl (C=O) groups is 3. The Bertz CT molecular complexity index is 3240. The van der Waals surface area contributed by atoms with Crippen molar-refractivity contribution in [2.45, 2.75) is 111 Å². The van der Waals surface area contributed by atoms with Gasteiger partial charge >= 0.3 is 0 Å². The first-order chi connectivity index (χ1) is 34.5. The Hall–Kier alpha value is -7.61. The van der Waals surface area contributed by atoms with E-state index in [1.165, 1.54) is 26.8 Å². The zero-order valence-electron chi connectivity index (χ0n) is 43.8. The first-order valence-electron chi connectivity index (χ1n) is 23.8. The van der Waals surface area contributed by atoms with Crippen molar-refractivity contribution >= 4 is 41.0 Å². The highest BCUT2D eigenvalue weighted by atomic mass is 19.1. The van der Waals surface area contributed by atoms with Gasteiger partial charge in [-0.25, -0.2) is 17.6 Å². The van der Waals surface area contributed by atoms with Gasteiger partial charge < -0.3 is 23.4 Å². The van der Waals surface area contributed by atoms with Crippen molar-refractivity contribution in [2.24, 2.45) is 0 Å². The summed E-state index contributed by atoms with van der Waals surface area (Å²) in [6.45, 7) is 29.2. The van der Waals surface area contributed by atoms with Crippen molar-refractivity contribution in [3.8, 4) is 56.4 Å². The molecule has 0 bridgehead atoms. The van der Waals surface area contributed by atoms with Gasteiger partial charge in [0.15, 0.2) is 34.8 Å². The normalized spacial score (nSPS) is 10.1. The van der Waals surface area contributed by atoms with E-state index in [1.54, 1.807) is 57.2 Å². The van der Waals surface area contributed by atoms with E-state index in [2.05, 4.69) is 4.74 Å². The van der Waals surface area contributed by atoms with E-state index in [0.717, 1.165) is 18.2 Å². The highest BCUT2D eigenvalue weighted by Crippen LogP contribution is 2.47. The van der Waals surface area contributed by atoms with Crippen LogP contribution in [-0.2, 0) is 9.53 Å². The van der Waals surface area contributed by atoms with Gasteiger partial charge in [-0.15, -0.1) is 0 Å². The molecule has 10 nitrogen and oxygen atoms in total. The van der Waals surface area contributed by atoms with Gasteiger partial charge in [-0.3, -0.25) is 24.0 Å². The molecule has 384 valence electrons. The van der Waals surface area contributed by atoms with E-state index in [4.69, 9.17) is 13.6 Å². The van der Waals surface area contributed by atoms with Crippen molar-refractivity contribution in [3.05, 3.63) is 149 Å². The number of phenols is 1. The summed E-state index contributed by atoms with van der Waals surface area (Å²) in [5.41, 5.74) is 4.43. The number of aldehydes is 2. The standard InChI is InChI=1S/C25H18F2O6.C23H16F2O4.5C2H6/c1-12-6-15(9-28)4-5-16(12)21-17-7-19(26)22(30)13(2)23(17)33-24-14(3)25(32-11-31-10-29)20(27)8-18(21)24;1-10-6-13(9-26)4-5-14(10)19-15-7-17(24)20(27)11(2)22(15)29-23-12(3)21(28)18(25)8-16(19)23;5*1-2/h4-10H,11H2,1-3H3;4-9,27H,1-3H3;5*1-2H3. The highest BCUT2D eigenvalue weighted by Gasteiger charge is 2.28. The van der Waals surface area contributed by atoms with Gasteiger partial charge in [-0.2, -0.15) is 0 Å². The van der Waals surface area contributed by atoms with E-state index < -0.39 is 46.7 Å². The minimum atomic E-state index is -0.957. The lowest BCUT2D eigenvalue weighted by atomic mass is 9.88. The smallest absolute Gasteiger partial charge is 0.295 e. The van der Waals surface area contributed by atoms with Crippen molar-refractivity contribution in [2.75, 3.05) is 6.79 Å². The largest absolute Gasteiger partial charge is 0.505 e. The summed E-state index contributed by atoms with van der Waals surface area (Å²) in [5.74, 6) is -3.92. The molecule has 72 heavy (non-hydrogen) atoms. The van der Waals surface area contributed by atoms with Crippen molar-refractivity contribution in [1.29, 1.82) is 0 Å². The number of rotatable bonds is 8. The van der Waals surface area contributed by atoms with E-state index in [1.807, 2.05) is 69.2 Å². The first-order valence-corrected chi connectivity index (χ1v) is 23.8. The summed E-state index contributed by atoms with van der Waals surface area (Å²) in [5, 5.41) is 10.7. The van der Waals surface area contributed by atoms with Crippen LogP contribution in [-0.4, -0.2) is 30.9 Å². The van der Waals surface area contributed by atoms with Crippen molar-refractivity contribution in [3.63, 3.8) is 0 Å². The molecule has 0 saturated heterocycles. The van der Waals surface area contributed by atoms with Gasteiger partial charge in [0.1, 0.15) is 35.3 Å². The quantitative estimate of drug-likeness (QED) is 0.0512. The minimum Gasteiger partial charge on any atom is -0.505 e. The predicted molar refractivity (Wildman–Crippen MR) is 279 cm³/mol. The molecule has 1 N–H and O–H groups in total.